The number of carbonyl (C=O) groups excluding carboxylic acids is 1. The Morgan fingerprint density at radius 1 is 1.50 bits per heavy atom. The molecule has 1 heterocycles. The normalized spacial score (nSPS) is 13.4. The van der Waals surface area contributed by atoms with Gasteiger partial charge in [-0.15, -0.1) is 11.3 Å². The maximum atomic E-state index is 12.1. The van der Waals surface area contributed by atoms with E-state index in [0.29, 0.717) is 10.6 Å². The Bertz CT molecular complexity index is 426. The molecule has 1 aromatic rings. The Balaban J connectivity index is 2.90. The Morgan fingerprint density at radius 3 is 2.61 bits per heavy atom. The Labute approximate surface area is 112 Å². The molecule has 1 aromatic heterocycles. The van der Waals surface area contributed by atoms with E-state index in [1.165, 1.54) is 11.3 Å². The monoisotopic (exact) mass is 271 g/mol. The number of esters is 1. The van der Waals surface area contributed by atoms with Gasteiger partial charge in [-0.2, -0.15) is 0 Å². The van der Waals surface area contributed by atoms with Crippen LogP contribution < -0.4 is 0 Å². The Hall–Kier alpha value is -0.940. The standard InChI is InChI=1S/C13H21NO3S/c1-7-13(4,5)17-12(15)10-8(2)14-11(18-10)9(3)16-6/h9H,7H2,1-6H3. The molecule has 5 heteroatoms. The second kappa shape index (κ2) is 5.80. The van der Waals surface area contributed by atoms with Gasteiger partial charge in [0.1, 0.15) is 21.6 Å². The number of aromatic nitrogens is 1. The maximum absolute atomic E-state index is 12.1. The van der Waals surface area contributed by atoms with Crippen molar-refractivity contribution in [1.29, 1.82) is 0 Å². The van der Waals surface area contributed by atoms with Crippen molar-refractivity contribution in [3.8, 4) is 0 Å². The molecule has 4 nitrogen and oxygen atoms in total. The first-order chi connectivity index (χ1) is 8.30. The van der Waals surface area contributed by atoms with Crippen LogP contribution in [0.25, 0.3) is 0 Å². The zero-order chi connectivity index (χ0) is 13.9. The summed E-state index contributed by atoms with van der Waals surface area (Å²) in [4.78, 5) is 17.0. The molecule has 1 unspecified atom stereocenters. The molecule has 0 aliphatic heterocycles. The van der Waals surface area contributed by atoms with Crippen LogP contribution in [0.5, 0.6) is 0 Å². The lowest BCUT2D eigenvalue weighted by molar-refractivity contribution is -0.00198. The van der Waals surface area contributed by atoms with Gasteiger partial charge in [-0.05, 0) is 34.1 Å². The van der Waals surface area contributed by atoms with E-state index in [1.54, 1.807) is 7.11 Å². The minimum atomic E-state index is -0.444. The highest BCUT2D eigenvalue weighted by Crippen LogP contribution is 2.27. The topological polar surface area (TPSA) is 48.4 Å². The maximum Gasteiger partial charge on any atom is 0.350 e. The number of nitrogens with zero attached hydrogens (tertiary/aromatic N) is 1. The summed E-state index contributed by atoms with van der Waals surface area (Å²) in [7, 11) is 1.62. The summed E-state index contributed by atoms with van der Waals surface area (Å²) in [5.74, 6) is -0.300. The molecule has 102 valence electrons. The van der Waals surface area contributed by atoms with Gasteiger partial charge in [-0.1, -0.05) is 6.92 Å². The molecule has 18 heavy (non-hydrogen) atoms. The quantitative estimate of drug-likeness (QED) is 0.769. The molecule has 0 aromatic carbocycles. The van der Waals surface area contributed by atoms with Crippen LogP contribution in [-0.2, 0) is 9.47 Å². The molecule has 0 fully saturated rings. The van der Waals surface area contributed by atoms with E-state index in [1.807, 2.05) is 34.6 Å². The minimum absolute atomic E-state index is 0.102. The van der Waals surface area contributed by atoms with Crippen LogP contribution in [0.15, 0.2) is 0 Å². The van der Waals surface area contributed by atoms with E-state index in [2.05, 4.69) is 4.98 Å². The highest BCUT2D eigenvalue weighted by Gasteiger charge is 2.25. The van der Waals surface area contributed by atoms with E-state index in [0.717, 1.165) is 11.4 Å². The number of rotatable bonds is 5. The third-order valence-electron chi connectivity index (χ3n) is 2.92. The third-order valence-corrected chi connectivity index (χ3v) is 4.22. The summed E-state index contributed by atoms with van der Waals surface area (Å²) in [6.07, 6.45) is 0.673. The average molecular weight is 271 g/mol. The Morgan fingerprint density at radius 2 is 2.11 bits per heavy atom. The molecular weight excluding hydrogens is 250 g/mol. The average Bonchev–Trinajstić information content (AvgIpc) is 2.70. The van der Waals surface area contributed by atoms with Gasteiger partial charge in [0.05, 0.1) is 5.69 Å². The fourth-order valence-corrected chi connectivity index (χ4v) is 2.22. The molecule has 0 aliphatic rings. The predicted molar refractivity (Wildman–Crippen MR) is 72.1 cm³/mol. The van der Waals surface area contributed by atoms with Crippen LogP contribution in [0.1, 0.15) is 60.6 Å². The molecule has 0 amide bonds. The molecule has 1 atom stereocenters. The third kappa shape index (κ3) is 3.53. The molecule has 0 bridgehead atoms. The fourth-order valence-electron chi connectivity index (χ4n) is 1.25. The first-order valence-electron chi connectivity index (χ1n) is 6.04. The number of methoxy groups -OCH3 is 1. The van der Waals surface area contributed by atoms with Crippen molar-refractivity contribution in [2.24, 2.45) is 0 Å². The zero-order valence-electron chi connectivity index (χ0n) is 11.9. The lowest BCUT2D eigenvalue weighted by Gasteiger charge is -2.22. The van der Waals surface area contributed by atoms with Gasteiger partial charge in [0, 0.05) is 7.11 Å². The van der Waals surface area contributed by atoms with Gasteiger partial charge < -0.3 is 9.47 Å². The van der Waals surface area contributed by atoms with Crippen LogP contribution >= 0.6 is 11.3 Å². The van der Waals surface area contributed by atoms with Gasteiger partial charge in [0.2, 0.25) is 0 Å². The lowest BCUT2D eigenvalue weighted by atomic mass is 10.1. The van der Waals surface area contributed by atoms with Gasteiger partial charge in [0.15, 0.2) is 0 Å². The van der Waals surface area contributed by atoms with E-state index in [-0.39, 0.29) is 12.1 Å². The number of thiazole rings is 1. The van der Waals surface area contributed by atoms with Crippen molar-refractivity contribution in [3.05, 3.63) is 15.6 Å². The van der Waals surface area contributed by atoms with Crippen molar-refractivity contribution >= 4 is 17.3 Å². The van der Waals surface area contributed by atoms with E-state index in [9.17, 15) is 4.79 Å². The number of hydrogen-bond acceptors (Lipinski definition) is 5. The summed E-state index contributed by atoms with van der Waals surface area (Å²) >= 11 is 1.34. The van der Waals surface area contributed by atoms with Crippen molar-refractivity contribution < 1.29 is 14.3 Å². The largest absolute Gasteiger partial charge is 0.455 e. The summed E-state index contributed by atoms with van der Waals surface area (Å²) < 4.78 is 10.7. The molecule has 0 saturated carbocycles. The van der Waals surface area contributed by atoms with Gasteiger partial charge in [0.25, 0.3) is 0 Å². The molecular formula is C13H21NO3S. The van der Waals surface area contributed by atoms with Gasteiger partial charge >= 0.3 is 5.97 Å². The second-order valence-corrected chi connectivity index (χ2v) is 5.88. The first kappa shape index (κ1) is 15.1. The van der Waals surface area contributed by atoms with Crippen LogP contribution in [0.4, 0.5) is 0 Å². The number of ether oxygens (including phenoxy) is 2. The van der Waals surface area contributed by atoms with Crippen LogP contribution in [-0.4, -0.2) is 23.7 Å². The molecule has 0 saturated heterocycles. The SMILES string of the molecule is CCC(C)(C)OC(=O)c1sc(C(C)OC)nc1C. The molecule has 0 spiro atoms. The highest BCUT2D eigenvalue weighted by atomic mass is 32.1. The van der Waals surface area contributed by atoms with E-state index in [4.69, 9.17) is 9.47 Å². The van der Waals surface area contributed by atoms with Crippen LogP contribution in [0.2, 0.25) is 0 Å². The van der Waals surface area contributed by atoms with E-state index >= 15 is 0 Å². The zero-order valence-corrected chi connectivity index (χ0v) is 12.7. The summed E-state index contributed by atoms with van der Waals surface area (Å²) in [5.41, 5.74) is 0.261. The van der Waals surface area contributed by atoms with E-state index < -0.39 is 5.60 Å². The summed E-state index contributed by atoms with van der Waals surface area (Å²) in [5, 5.41) is 0.802. The van der Waals surface area contributed by atoms with Crippen LogP contribution in [0, 0.1) is 6.92 Å². The molecule has 1 rings (SSSR count). The van der Waals surface area contributed by atoms with Crippen molar-refractivity contribution in [2.45, 2.75) is 52.7 Å². The molecule has 0 N–H and O–H groups in total. The first-order valence-corrected chi connectivity index (χ1v) is 6.85. The second-order valence-electron chi connectivity index (χ2n) is 4.85. The summed E-state index contributed by atoms with van der Waals surface area (Å²) in [6, 6.07) is 0. The highest BCUT2D eigenvalue weighted by molar-refractivity contribution is 7.13. The van der Waals surface area contributed by atoms with Gasteiger partial charge in [-0.25, -0.2) is 9.78 Å². The minimum Gasteiger partial charge on any atom is -0.455 e. The lowest BCUT2D eigenvalue weighted by Crippen LogP contribution is -2.26. The van der Waals surface area contributed by atoms with Crippen molar-refractivity contribution in [3.63, 3.8) is 0 Å². The Kier molecular flexibility index (Phi) is 4.87. The number of carbonyl (C=O) groups is 1. The fraction of sp³-hybridized carbons (Fsp3) is 0.692. The molecule has 0 aliphatic carbocycles. The van der Waals surface area contributed by atoms with Crippen LogP contribution in [0.3, 0.4) is 0 Å². The van der Waals surface area contributed by atoms with Crippen molar-refractivity contribution in [2.75, 3.05) is 7.11 Å². The number of hydrogen-bond donors (Lipinski definition) is 0. The number of aryl methyl sites for hydroxylation is 1. The van der Waals surface area contributed by atoms with Crippen molar-refractivity contribution in [1.82, 2.24) is 4.98 Å². The van der Waals surface area contributed by atoms with Gasteiger partial charge in [-0.3, -0.25) is 0 Å². The summed E-state index contributed by atoms with van der Waals surface area (Å²) in [6.45, 7) is 9.52. The molecule has 0 radical (unpaired) electrons. The predicted octanol–water partition coefficient (Wildman–Crippen LogP) is 3.50. The smallest absolute Gasteiger partial charge is 0.350 e.